The van der Waals surface area contributed by atoms with Crippen molar-refractivity contribution in [3.63, 3.8) is 0 Å². The van der Waals surface area contributed by atoms with Gasteiger partial charge in [-0.05, 0) is 35.9 Å². The Hall–Kier alpha value is -2.19. The third-order valence-corrected chi connectivity index (χ3v) is 3.15. The smallest absolute Gasteiger partial charge is 0.381 e. The lowest BCUT2D eigenvalue weighted by Gasteiger charge is -2.12. The van der Waals surface area contributed by atoms with Crippen LogP contribution in [0.1, 0.15) is 16.7 Å². The molecule has 0 amide bonds. The Morgan fingerprint density at radius 1 is 1.14 bits per heavy atom. The van der Waals surface area contributed by atoms with Crippen LogP contribution in [0.2, 0.25) is 5.02 Å². The Kier molecular flexibility index (Phi) is 4.39. The normalized spacial score (nSPS) is 11.0. The number of hydrogen-bond donors (Lipinski definition) is 1. The molecule has 1 N–H and O–H groups in total. The fraction of sp³-hybridized carbons (Fsp3) is 0.133. The lowest BCUT2D eigenvalue weighted by Crippen LogP contribution is -2.07. The van der Waals surface area contributed by atoms with Crippen molar-refractivity contribution in [1.82, 2.24) is 0 Å². The average molecular weight is 311 g/mol. The number of nitrogens with one attached hydrogen (secondary N) is 1. The summed E-state index contributed by atoms with van der Waals surface area (Å²) in [4.78, 5) is 0. The first-order chi connectivity index (χ1) is 9.90. The van der Waals surface area contributed by atoms with Crippen molar-refractivity contribution in [2.24, 2.45) is 0 Å². The molecule has 0 aliphatic rings. The van der Waals surface area contributed by atoms with Crippen LogP contribution in [-0.4, -0.2) is 0 Å². The summed E-state index contributed by atoms with van der Waals surface area (Å²) in [7, 11) is 0. The van der Waals surface area contributed by atoms with Crippen molar-refractivity contribution in [2.75, 3.05) is 5.32 Å². The predicted molar refractivity (Wildman–Crippen MR) is 74.9 cm³/mol. The van der Waals surface area contributed by atoms with Gasteiger partial charge in [-0.2, -0.15) is 18.4 Å². The van der Waals surface area contributed by atoms with Gasteiger partial charge in [0.1, 0.15) is 0 Å². The molecule has 21 heavy (non-hydrogen) atoms. The van der Waals surface area contributed by atoms with E-state index in [0.29, 0.717) is 17.8 Å². The zero-order valence-electron chi connectivity index (χ0n) is 10.7. The predicted octanol–water partition coefficient (Wildman–Crippen LogP) is 4.84. The molecule has 6 heteroatoms. The Bertz CT molecular complexity index is 690. The second kappa shape index (κ2) is 6.06. The molecule has 0 spiro atoms. The summed E-state index contributed by atoms with van der Waals surface area (Å²) in [6.07, 6.45) is -4.49. The molecule has 2 rings (SSSR count). The van der Waals surface area contributed by atoms with Gasteiger partial charge >= 0.3 is 6.18 Å². The van der Waals surface area contributed by atoms with Crippen molar-refractivity contribution in [3.05, 3.63) is 64.2 Å². The van der Waals surface area contributed by atoms with Crippen LogP contribution in [-0.2, 0) is 12.7 Å². The summed E-state index contributed by atoms with van der Waals surface area (Å²) in [5.41, 5.74) is 0.743. The van der Waals surface area contributed by atoms with Gasteiger partial charge in [0, 0.05) is 12.2 Å². The molecule has 2 nitrogen and oxygen atoms in total. The number of halogens is 4. The number of alkyl halides is 3. The van der Waals surface area contributed by atoms with Crippen molar-refractivity contribution >= 4 is 17.3 Å². The molecule has 108 valence electrons. The van der Waals surface area contributed by atoms with E-state index in [9.17, 15) is 13.2 Å². The summed E-state index contributed by atoms with van der Waals surface area (Å²) in [6.45, 7) is 0.314. The third kappa shape index (κ3) is 3.89. The third-order valence-electron chi connectivity index (χ3n) is 2.82. The number of nitriles is 1. The van der Waals surface area contributed by atoms with Crippen molar-refractivity contribution in [2.45, 2.75) is 12.7 Å². The first-order valence-electron chi connectivity index (χ1n) is 6.00. The highest BCUT2D eigenvalue weighted by Crippen LogP contribution is 2.36. The van der Waals surface area contributed by atoms with E-state index in [0.717, 1.165) is 11.6 Å². The van der Waals surface area contributed by atoms with Gasteiger partial charge in [-0.1, -0.05) is 23.7 Å². The molecule has 2 aromatic carbocycles. The van der Waals surface area contributed by atoms with Crippen LogP contribution in [0.5, 0.6) is 0 Å². The van der Waals surface area contributed by atoms with Gasteiger partial charge in [-0.25, -0.2) is 0 Å². The van der Waals surface area contributed by atoms with Crippen molar-refractivity contribution < 1.29 is 13.2 Å². The topological polar surface area (TPSA) is 35.8 Å². The second-order valence-electron chi connectivity index (χ2n) is 4.36. The van der Waals surface area contributed by atoms with Gasteiger partial charge < -0.3 is 5.32 Å². The molecule has 0 aliphatic carbocycles. The van der Waals surface area contributed by atoms with Gasteiger partial charge in [0.2, 0.25) is 0 Å². The molecule has 2 aromatic rings. The minimum absolute atomic E-state index is 0.314. The van der Waals surface area contributed by atoms with Crippen LogP contribution in [0, 0.1) is 11.3 Å². The summed E-state index contributed by atoms with van der Waals surface area (Å²) in [6, 6.07) is 12.5. The van der Waals surface area contributed by atoms with E-state index < -0.39 is 11.7 Å². The molecule has 0 atom stereocenters. The highest BCUT2D eigenvalue weighted by molar-refractivity contribution is 6.31. The molecule has 0 heterocycles. The average Bonchev–Trinajstić information content (AvgIpc) is 2.45. The number of hydrogen-bond acceptors (Lipinski definition) is 2. The number of benzene rings is 2. The van der Waals surface area contributed by atoms with E-state index in [4.69, 9.17) is 16.9 Å². The minimum atomic E-state index is -4.49. The quantitative estimate of drug-likeness (QED) is 0.880. The molecule has 0 saturated heterocycles. The maximum Gasteiger partial charge on any atom is 0.417 e. The number of anilines is 1. The number of nitrogens with zero attached hydrogens (tertiary/aromatic N) is 1. The lowest BCUT2D eigenvalue weighted by atomic mass is 10.1. The summed E-state index contributed by atoms with van der Waals surface area (Å²) < 4.78 is 38.2. The van der Waals surface area contributed by atoms with Crippen molar-refractivity contribution in [3.8, 4) is 6.07 Å². The minimum Gasteiger partial charge on any atom is -0.381 e. The SMILES string of the molecule is N#Cc1cccc(CNc2ccc(Cl)c(C(F)(F)F)c2)c1. The first kappa shape index (κ1) is 15.2. The van der Waals surface area contributed by atoms with Gasteiger partial charge in [0.05, 0.1) is 22.2 Å². The molecular weight excluding hydrogens is 301 g/mol. The fourth-order valence-electron chi connectivity index (χ4n) is 1.81. The van der Waals surface area contributed by atoms with Crippen LogP contribution in [0.3, 0.4) is 0 Å². The summed E-state index contributed by atoms with van der Waals surface area (Å²) in [5, 5.41) is 11.3. The fourth-order valence-corrected chi connectivity index (χ4v) is 2.03. The number of rotatable bonds is 3. The summed E-state index contributed by atoms with van der Waals surface area (Å²) >= 11 is 5.55. The largest absolute Gasteiger partial charge is 0.417 e. The molecule has 0 radical (unpaired) electrons. The Morgan fingerprint density at radius 2 is 1.90 bits per heavy atom. The van der Waals surface area contributed by atoms with Gasteiger partial charge in [-0.15, -0.1) is 0 Å². The van der Waals surface area contributed by atoms with E-state index in [1.807, 2.05) is 6.07 Å². The van der Waals surface area contributed by atoms with Crippen LogP contribution in [0.4, 0.5) is 18.9 Å². The van der Waals surface area contributed by atoms with Gasteiger partial charge in [-0.3, -0.25) is 0 Å². The van der Waals surface area contributed by atoms with E-state index in [1.165, 1.54) is 12.1 Å². The van der Waals surface area contributed by atoms with E-state index >= 15 is 0 Å². The molecule has 0 fully saturated rings. The van der Waals surface area contributed by atoms with E-state index in [-0.39, 0.29) is 5.02 Å². The van der Waals surface area contributed by atoms with Crippen LogP contribution in [0.15, 0.2) is 42.5 Å². The van der Waals surface area contributed by atoms with E-state index in [1.54, 1.807) is 24.3 Å². The van der Waals surface area contributed by atoms with Crippen LogP contribution in [0.25, 0.3) is 0 Å². The molecule has 0 aliphatic heterocycles. The molecule has 0 bridgehead atoms. The molecule has 0 aromatic heterocycles. The van der Waals surface area contributed by atoms with Crippen molar-refractivity contribution in [1.29, 1.82) is 5.26 Å². The first-order valence-corrected chi connectivity index (χ1v) is 6.37. The summed E-state index contributed by atoms with van der Waals surface area (Å²) in [5.74, 6) is 0. The lowest BCUT2D eigenvalue weighted by molar-refractivity contribution is -0.137. The monoisotopic (exact) mass is 310 g/mol. The molecule has 0 unspecified atom stereocenters. The van der Waals surface area contributed by atoms with Gasteiger partial charge in [0.25, 0.3) is 0 Å². The van der Waals surface area contributed by atoms with Crippen LogP contribution < -0.4 is 5.32 Å². The Morgan fingerprint density at radius 3 is 2.57 bits per heavy atom. The van der Waals surface area contributed by atoms with Gasteiger partial charge in [0.15, 0.2) is 0 Å². The maximum atomic E-state index is 12.7. The van der Waals surface area contributed by atoms with Crippen LogP contribution >= 0.6 is 11.6 Å². The zero-order valence-corrected chi connectivity index (χ0v) is 11.5. The molecule has 0 saturated carbocycles. The Balaban J connectivity index is 2.15. The Labute approximate surface area is 124 Å². The zero-order chi connectivity index (χ0) is 15.5. The maximum absolute atomic E-state index is 12.7. The molecular formula is C15H10ClF3N2. The van der Waals surface area contributed by atoms with E-state index in [2.05, 4.69) is 5.32 Å². The standard InChI is InChI=1S/C15H10ClF3N2/c16-14-5-4-12(7-13(14)15(17,18)19)21-9-11-3-1-2-10(6-11)8-20/h1-7,21H,9H2. The second-order valence-corrected chi connectivity index (χ2v) is 4.77. The highest BCUT2D eigenvalue weighted by Gasteiger charge is 2.33. The highest BCUT2D eigenvalue weighted by atomic mass is 35.5.